The van der Waals surface area contributed by atoms with E-state index in [2.05, 4.69) is 26.1 Å². The van der Waals surface area contributed by atoms with E-state index < -0.39 is 48.3 Å². The molecule has 0 aromatic heterocycles. The van der Waals surface area contributed by atoms with Crippen LogP contribution in [0.3, 0.4) is 0 Å². The molecule has 3 amide bonds. The number of ether oxygens (including phenoxy) is 1. The van der Waals surface area contributed by atoms with Gasteiger partial charge in [0, 0.05) is 18.7 Å². The smallest absolute Gasteiger partial charge is 0.412 e. The predicted molar refractivity (Wildman–Crippen MR) is 158 cm³/mol. The van der Waals surface area contributed by atoms with Crippen molar-refractivity contribution in [3.05, 3.63) is 71.0 Å². The summed E-state index contributed by atoms with van der Waals surface area (Å²) in [6.07, 6.45) is 0.207. The Balaban J connectivity index is 1.67. The van der Waals surface area contributed by atoms with E-state index in [4.69, 9.17) is 4.74 Å². The fourth-order valence-electron chi connectivity index (χ4n) is 6.31. The number of rotatable bonds is 8. The Morgan fingerprint density at radius 1 is 1.05 bits per heavy atom. The average Bonchev–Trinajstić information content (AvgIpc) is 2.95. The number of aliphatic carboxylic acids is 1. The molecule has 1 aliphatic carbocycles. The Kier molecular flexibility index (Phi) is 10.4. The number of hydrogen-bond acceptors (Lipinski definition) is 5. The zero-order chi connectivity index (χ0) is 31.3. The third kappa shape index (κ3) is 7.91. The number of aryl methyl sites for hydroxylation is 1. The number of carboxylic acid groups (broad SMARTS) is 1. The topological polar surface area (TPSA) is 116 Å². The van der Waals surface area contributed by atoms with E-state index in [1.807, 2.05) is 13.0 Å². The molecular formula is C33H42FN3O6. The lowest BCUT2D eigenvalue weighted by molar-refractivity contribution is -0.139. The summed E-state index contributed by atoms with van der Waals surface area (Å²) in [7, 11) is 0. The lowest BCUT2D eigenvalue weighted by Gasteiger charge is -2.44. The zero-order valence-corrected chi connectivity index (χ0v) is 25.3. The lowest BCUT2D eigenvalue weighted by Crippen LogP contribution is -2.64. The van der Waals surface area contributed by atoms with E-state index >= 15 is 0 Å². The van der Waals surface area contributed by atoms with Gasteiger partial charge in [-0.2, -0.15) is 0 Å². The van der Waals surface area contributed by atoms with Crippen molar-refractivity contribution in [2.45, 2.75) is 78.1 Å². The maximum atomic E-state index is 14.1. The molecule has 1 heterocycles. The van der Waals surface area contributed by atoms with Crippen LogP contribution in [-0.2, 0) is 14.3 Å². The highest BCUT2D eigenvalue weighted by Gasteiger charge is 2.44. The first-order valence-corrected chi connectivity index (χ1v) is 15.1. The molecule has 0 radical (unpaired) electrons. The summed E-state index contributed by atoms with van der Waals surface area (Å²) in [6.45, 7) is 8.49. The van der Waals surface area contributed by atoms with Gasteiger partial charge in [-0.1, -0.05) is 63.1 Å². The number of carbonyl (C=O) groups is 4. The number of nitrogens with zero attached hydrogens (tertiary/aromatic N) is 2. The van der Waals surface area contributed by atoms with E-state index in [0.717, 1.165) is 24.5 Å². The Morgan fingerprint density at radius 2 is 1.77 bits per heavy atom. The molecule has 10 heteroatoms. The highest BCUT2D eigenvalue weighted by molar-refractivity contribution is 5.98. The van der Waals surface area contributed by atoms with Gasteiger partial charge in [-0.15, -0.1) is 0 Å². The number of carbonyl (C=O) groups excluding carboxylic acids is 3. The van der Waals surface area contributed by atoms with Crippen LogP contribution in [0, 0.1) is 30.5 Å². The fourth-order valence-corrected chi connectivity index (χ4v) is 6.31. The van der Waals surface area contributed by atoms with Gasteiger partial charge in [0.25, 0.3) is 11.8 Å². The van der Waals surface area contributed by atoms with Crippen LogP contribution in [0.1, 0.15) is 80.4 Å². The molecule has 4 rings (SSSR count). The highest BCUT2D eigenvalue weighted by atomic mass is 19.1. The Morgan fingerprint density at radius 3 is 2.44 bits per heavy atom. The third-order valence-corrected chi connectivity index (χ3v) is 8.54. The molecule has 2 fully saturated rings. The number of benzene rings is 2. The predicted octanol–water partition coefficient (Wildman–Crippen LogP) is 5.54. The van der Waals surface area contributed by atoms with Gasteiger partial charge in [-0.25, -0.2) is 9.18 Å². The Bertz CT molecular complexity index is 1330. The van der Waals surface area contributed by atoms with Gasteiger partial charge in [-0.3, -0.25) is 19.3 Å². The van der Waals surface area contributed by atoms with Crippen molar-refractivity contribution in [1.29, 1.82) is 0 Å². The molecule has 0 bridgehead atoms. The second kappa shape index (κ2) is 14.0. The van der Waals surface area contributed by atoms with Crippen molar-refractivity contribution in [3.8, 4) is 0 Å². The van der Waals surface area contributed by atoms with Gasteiger partial charge in [0.05, 0.1) is 12.5 Å². The van der Waals surface area contributed by atoms with Crippen LogP contribution >= 0.6 is 0 Å². The molecule has 1 aliphatic heterocycles. The molecule has 2 aliphatic rings. The summed E-state index contributed by atoms with van der Waals surface area (Å²) in [5.74, 6) is -2.21. The van der Waals surface area contributed by atoms with Crippen LogP contribution in [-0.4, -0.2) is 64.1 Å². The monoisotopic (exact) mass is 595 g/mol. The van der Waals surface area contributed by atoms with Crippen LogP contribution in [0.5, 0.6) is 0 Å². The maximum absolute atomic E-state index is 14.1. The van der Waals surface area contributed by atoms with Gasteiger partial charge in [0.1, 0.15) is 11.9 Å². The minimum Gasteiger partial charge on any atom is -0.481 e. The number of hydrogen-bond donors (Lipinski definition) is 2. The summed E-state index contributed by atoms with van der Waals surface area (Å²) in [6, 6.07) is 11.4. The molecule has 1 saturated heterocycles. The molecule has 0 spiro atoms. The summed E-state index contributed by atoms with van der Waals surface area (Å²) in [5, 5.41) is 12.4. The lowest BCUT2D eigenvalue weighted by atomic mass is 9.75. The molecular weight excluding hydrogens is 553 g/mol. The molecule has 2 aromatic rings. The van der Waals surface area contributed by atoms with Crippen molar-refractivity contribution in [1.82, 2.24) is 15.1 Å². The van der Waals surface area contributed by atoms with Gasteiger partial charge >= 0.3 is 12.1 Å². The average molecular weight is 596 g/mol. The molecule has 1 saturated carbocycles. The van der Waals surface area contributed by atoms with Crippen molar-refractivity contribution < 1.29 is 33.4 Å². The summed E-state index contributed by atoms with van der Waals surface area (Å²) < 4.78 is 20.2. The van der Waals surface area contributed by atoms with E-state index in [1.54, 1.807) is 18.2 Å². The first-order valence-electron chi connectivity index (χ1n) is 15.1. The van der Waals surface area contributed by atoms with Crippen molar-refractivity contribution in [3.63, 3.8) is 0 Å². The Labute approximate surface area is 252 Å². The highest BCUT2D eigenvalue weighted by Crippen LogP contribution is 2.36. The SMILES string of the molecule is Cc1cccc(C(CC(=O)O)NC(=O)C2N(C(=O)OC3CC(C)CCC3C(C)C)CCCN2C(=O)c2cccc(F)c2)c1. The third-order valence-electron chi connectivity index (χ3n) is 8.54. The van der Waals surface area contributed by atoms with E-state index in [0.29, 0.717) is 30.2 Å². The molecule has 232 valence electrons. The maximum Gasteiger partial charge on any atom is 0.412 e. The van der Waals surface area contributed by atoms with E-state index in [1.165, 1.54) is 28.0 Å². The number of halogens is 1. The first kappa shape index (κ1) is 32.0. The molecule has 9 nitrogen and oxygen atoms in total. The van der Waals surface area contributed by atoms with Crippen LogP contribution in [0.2, 0.25) is 0 Å². The first-order chi connectivity index (χ1) is 20.4. The quantitative estimate of drug-likeness (QED) is 0.414. The largest absolute Gasteiger partial charge is 0.481 e. The standard InChI is InChI=1S/C33H42FN3O6/c1-20(2)26-13-12-22(4)17-28(26)43-33(42)37-15-7-14-36(32(41)24-10-6-11-25(34)18-24)31(37)30(40)35-27(19-29(38)39)23-9-5-8-21(3)16-23/h5-6,8-11,16,18,20,22,26-28,31H,7,12-15,17,19H2,1-4H3,(H,35,40)(H,38,39). The second-order valence-corrected chi connectivity index (χ2v) is 12.3. The molecule has 5 unspecified atom stereocenters. The van der Waals surface area contributed by atoms with Crippen LogP contribution < -0.4 is 5.32 Å². The minimum absolute atomic E-state index is 0.0368. The fraction of sp³-hybridized carbons (Fsp3) is 0.515. The normalized spacial score (nSPS) is 23.0. The molecule has 5 atom stereocenters. The van der Waals surface area contributed by atoms with Gasteiger partial charge in [0.15, 0.2) is 6.17 Å². The number of amides is 3. The molecule has 43 heavy (non-hydrogen) atoms. The van der Waals surface area contributed by atoms with Crippen molar-refractivity contribution >= 4 is 23.9 Å². The van der Waals surface area contributed by atoms with Crippen LogP contribution in [0.25, 0.3) is 0 Å². The summed E-state index contributed by atoms with van der Waals surface area (Å²) in [5.41, 5.74) is 1.50. The zero-order valence-electron chi connectivity index (χ0n) is 25.3. The van der Waals surface area contributed by atoms with Crippen LogP contribution in [0.15, 0.2) is 48.5 Å². The summed E-state index contributed by atoms with van der Waals surface area (Å²) >= 11 is 0. The Hall–Kier alpha value is -3.95. The molecule has 2 N–H and O–H groups in total. The summed E-state index contributed by atoms with van der Waals surface area (Å²) in [4.78, 5) is 55.9. The van der Waals surface area contributed by atoms with E-state index in [9.17, 15) is 28.7 Å². The van der Waals surface area contributed by atoms with Crippen molar-refractivity contribution in [2.75, 3.05) is 13.1 Å². The second-order valence-electron chi connectivity index (χ2n) is 12.3. The van der Waals surface area contributed by atoms with Gasteiger partial charge in [-0.05, 0) is 67.7 Å². The number of carboxylic acids is 1. The van der Waals surface area contributed by atoms with Gasteiger partial charge < -0.3 is 20.1 Å². The van der Waals surface area contributed by atoms with Crippen molar-refractivity contribution in [2.24, 2.45) is 17.8 Å². The van der Waals surface area contributed by atoms with Crippen LogP contribution in [0.4, 0.5) is 9.18 Å². The van der Waals surface area contributed by atoms with E-state index in [-0.39, 0.29) is 30.7 Å². The molecule has 2 aromatic carbocycles. The van der Waals surface area contributed by atoms with Gasteiger partial charge in [0.2, 0.25) is 0 Å². The minimum atomic E-state index is -1.42. The number of nitrogens with one attached hydrogen (secondary N) is 1.